The molecule has 1 heterocycles. The lowest BCUT2D eigenvalue weighted by Gasteiger charge is -2.11. The molecule has 0 spiro atoms. The summed E-state index contributed by atoms with van der Waals surface area (Å²) >= 11 is 0. The van der Waals surface area contributed by atoms with E-state index in [1.165, 1.54) is 6.07 Å². The number of hydrogen-bond acceptors (Lipinski definition) is 1. The molecule has 1 unspecified atom stereocenters. The molecule has 15 heavy (non-hydrogen) atoms. The lowest BCUT2D eigenvalue weighted by atomic mass is 10.2. The van der Waals surface area contributed by atoms with Crippen molar-refractivity contribution in [2.24, 2.45) is 0 Å². The van der Waals surface area contributed by atoms with E-state index in [0.717, 1.165) is 0 Å². The van der Waals surface area contributed by atoms with Crippen molar-refractivity contribution >= 4 is 0 Å². The fraction of sp³-hybridized carbons (Fsp3) is 0.167. The molecule has 0 aliphatic carbocycles. The second kappa shape index (κ2) is 3.87. The summed E-state index contributed by atoms with van der Waals surface area (Å²) in [7, 11) is 0. The SMILES string of the molecule is CC(O)c1cccn1-c1ccccc1F. The molecule has 0 saturated carbocycles. The van der Waals surface area contributed by atoms with E-state index in [-0.39, 0.29) is 5.82 Å². The van der Waals surface area contributed by atoms with Gasteiger partial charge in [0.25, 0.3) is 0 Å². The summed E-state index contributed by atoms with van der Waals surface area (Å²) < 4.78 is 15.1. The Balaban J connectivity index is 2.55. The number of halogens is 1. The average molecular weight is 205 g/mol. The van der Waals surface area contributed by atoms with Gasteiger partial charge in [0, 0.05) is 6.20 Å². The van der Waals surface area contributed by atoms with Crippen LogP contribution in [0.1, 0.15) is 18.7 Å². The minimum Gasteiger partial charge on any atom is -0.387 e. The number of benzene rings is 1. The molecule has 1 aromatic carbocycles. The zero-order valence-electron chi connectivity index (χ0n) is 8.39. The predicted molar refractivity (Wildman–Crippen MR) is 56.4 cm³/mol. The summed E-state index contributed by atoms with van der Waals surface area (Å²) in [5, 5.41) is 9.50. The topological polar surface area (TPSA) is 25.2 Å². The largest absolute Gasteiger partial charge is 0.387 e. The van der Waals surface area contributed by atoms with Crippen molar-refractivity contribution in [3.8, 4) is 5.69 Å². The van der Waals surface area contributed by atoms with Gasteiger partial charge in [-0.3, -0.25) is 0 Å². The predicted octanol–water partition coefficient (Wildman–Crippen LogP) is 2.67. The van der Waals surface area contributed by atoms with Gasteiger partial charge in [0.05, 0.1) is 17.5 Å². The third-order valence-electron chi connectivity index (χ3n) is 2.32. The molecule has 0 fully saturated rings. The van der Waals surface area contributed by atoms with Crippen molar-refractivity contribution in [2.45, 2.75) is 13.0 Å². The van der Waals surface area contributed by atoms with Crippen molar-refractivity contribution in [3.05, 3.63) is 54.1 Å². The molecule has 0 aliphatic rings. The summed E-state index contributed by atoms with van der Waals surface area (Å²) in [6, 6.07) is 10.1. The second-order valence-corrected chi connectivity index (χ2v) is 3.43. The molecule has 0 saturated heterocycles. The van der Waals surface area contributed by atoms with Crippen molar-refractivity contribution < 1.29 is 9.50 Å². The van der Waals surface area contributed by atoms with Crippen LogP contribution in [-0.4, -0.2) is 9.67 Å². The maximum atomic E-state index is 13.5. The van der Waals surface area contributed by atoms with E-state index in [1.807, 2.05) is 0 Å². The van der Waals surface area contributed by atoms with Crippen LogP contribution in [0.15, 0.2) is 42.6 Å². The molecule has 3 heteroatoms. The third-order valence-corrected chi connectivity index (χ3v) is 2.32. The van der Waals surface area contributed by atoms with E-state index >= 15 is 0 Å². The van der Waals surface area contributed by atoms with Gasteiger partial charge in [0.15, 0.2) is 0 Å². The van der Waals surface area contributed by atoms with Gasteiger partial charge >= 0.3 is 0 Å². The first-order valence-corrected chi connectivity index (χ1v) is 4.80. The number of rotatable bonds is 2. The van der Waals surface area contributed by atoms with Crippen LogP contribution < -0.4 is 0 Å². The summed E-state index contributed by atoms with van der Waals surface area (Å²) in [4.78, 5) is 0. The normalized spacial score (nSPS) is 12.7. The Kier molecular flexibility index (Phi) is 2.56. The van der Waals surface area contributed by atoms with Crippen molar-refractivity contribution in [1.29, 1.82) is 0 Å². The number of aliphatic hydroxyl groups excluding tert-OH is 1. The van der Waals surface area contributed by atoms with Gasteiger partial charge in [-0.1, -0.05) is 12.1 Å². The number of aliphatic hydroxyl groups is 1. The van der Waals surface area contributed by atoms with E-state index < -0.39 is 6.10 Å². The quantitative estimate of drug-likeness (QED) is 0.801. The summed E-state index contributed by atoms with van der Waals surface area (Å²) in [6.45, 7) is 1.66. The van der Waals surface area contributed by atoms with Gasteiger partial charge in [0.1, 0.15) is 5.82 Å². The molecule has 0 amide bonds. The van der Waals surface area contributed by atoms with Crippen molar-refractivity contribution in [3.63, 3.8) is 0 Å². The molecule has 0 radical (unpaired) electrons. The van der Waals surface area contributed by atoms with Gasteiger partial charge in [-0.2, -0.15) is 0 Å². The average Bonchev–Trinajstić information content (AvgIpc) is 2.67. The molecule has 78 valence electrons. The zero-order valence-corrected chi connectivity index (χ0v) is 8.39. The summed E-state index contributed by atoms with van der Waals surface area (Å²) in [5.41, 5.74) is 1.14. The molecule has 1 atom stereocenters. The second-order valence-electron chi connectivity index (χ2n) is 3.43. The molecular weight excluding hydrogens is 193 g/mol. The maximum Gasteiger partial charge on any atom is 0.147 e. The van der Waals surface area contributed by atoms with Gasteiger partial charge in [-0.05, 0) is 31.2 Å². The van der Waals surface area contributed by atoms with Crippen molar-refractivity contribution in [2.75, 3.05) is 0 Å². The lowest BCUT2D eigenvalue weighted by Crippen LogP contribution is -2.03. The number of nitrogens with zero attached hydrogens (tertiary/aromatic N) is 1. The van der Waals surface area contributed by atoms with Crippen LogP contribution in [0.3, 0.4) is 0 Å². The van der Waals surface area contributed by atoms with Crippen LogP contribution in [-0.2, 0) is 0 Å². The van der Waals surface area contributed by atoms with E-state index in [0.29, 0.717) is 11.4 Å². The first kappa shape index (κ1) is 9.93. The van der Waals surface area contributed by atoms with Crippen LogP contribution in [0, 0.1) is 5.82 Å². The summed E-state index contributed by atoms with van der Waals surface area (Å²) in [6.07, 6.45) is 1.13. The Hall–Kier alpha value is -1.61. The van der Waals surface area contributed by atoms with Crippen LogP contribution in [0.5, 0.6) is 0 Å². The molecule has 1 aromatic heterocycles. The highest BCUT2D eigenvalue weighted by atomic mass is 19.1. The fourth-order valence-electron chi connectivity index (χ4n) is 1.60. The van der Waals surface area contributed by atoms with Crippen LogP contribution in [0.2, 0.25) is 0 Å². The van der Waals surface area contributed by atoms with Gasteiger partial charge in [0.2, 0.25) is 0 Å². The zero-order chi connectivity index (χ0) is 10.8. The highest BCUT2D eigenvalue weighted by Crippen LogP contribution is 2.20. The first-order valence-electron chi connectivity index (χ1n) is 4.80. The Morgan fingerprint density at radius 1 is 1.20 bits per heavy atom. The monoisotopic (exact) mass is 205 g/mol. The van der Waals surface area contributed by atoms with Crippen LogP contribution in [0.4, 0.5) is 4.39 Å². The van der Waals surface area contributed by atoms with E-state index in [2.05, 4.69) is 0 Å². The van der Waals surface area contributed by atoms with Gasteiger partial charge < -0.3 is 9.67 Å². The maximum absolute atomic E-state index is 13.5. The van der Waals surface area contributed by atoms with Gasteiger partial charge in [-0.15, -0.1) is 0 Å². The number of para-hydroxylation sites is 1. The molecule has 2 aromatic rings. The van der Waals surface area contributed by atoms with E-state index in [1.54, 1.807) is 48.0 Å². The Morgan fingerprint density at radius 3 is 2.60 bits per heavy atom. The van der Waals surface area contributed by atoms with Crippen LogP contribution in [0.25, 0.3) is 5.69 Å². The number of aromatic nitrogens is 1. The number of hydrogen-bond donors (Lipinski definition) is 1. The lowest BCUT2D eigenvalue weighted by molar-refractivity contribution is 0.192. The summed E-state index contributed by atoms with van der Waals surface area (Å²) in [5.74, 6) is -0.296. The third kappa shape index (κ3) is 1.78. The molecular formula is C12H12FNO. The molecule has 0 bridgehead atoms. The highest BCUT2D eigenvalue weighted by molar-refractivity contribution is 5.36. The molecule has 1 N–H and O–H groups in total. The van der Waals surface area contributed by atoms with E-state index in [4.69, 9.17) is 0 Å². The van der Waals surface area contributed by atoms with E-state index in [9.17, 15) is 9.50 Å². The first-order chi connectivity index (χ1) is 7.20. The minimum atomic E-state index is -0.611. The fourth-order valence-corrected chi connectivity index (χ4v) is 1.60. The van der Waals surface area contributed by atoms with Crippen LogP contribution >= 0.6 is 0 Å². The van der Waals surface area contributed by atoms with Gasteiger partial charge in [-0.25, -0.2) is 4.39 Å². The molecule has 2 nitrogen and oxygen atoms in total. The molecule has 2 rings (SSSR count). The standard InChI is InChI=1S/C12H12FNO/c1-9(15)11-7-4-8-14(11)12-6-3-2-5-10(12)13/h2-9,15H,1H3. The highest BCUT2D eigenvalue weighted by Gasteiger charge is 2.10. The molecule has 0 aliphatic heterocycles. The Labute approximate surface area is 87.6 Å². The minimum absolute atomic E-state index is 0.296. The van der Waals surface area contributed by atoms with Crippen molar-refractivity contribution in [1.82, 2.24) is 4.57 Å². The smallest absolute Gasteiger partial charge is 0.147 e. The Morgan fingerprint density at radius 2 is 1.93 bits per heavy atom. The Bertz CT molecular complexity index is 462.